The quantitative estimate of drug-likeness (QED) is 0.727. The van der Waals surface area contributed by atoms with Gasteiger partial charge >= 0.3 is 0 Å². The molecule has 0 radical (unpaired) electrons. The molecule has 3 rings (SSSR count). The summed E-state index contributed by atoms with van der Waals surface area (Å²) in [7, 11) is 0. The fourth-order valence-corrected chi connectivity index (χ4v) is 2.31. The first-order chi connectivity index (χ1) is 9.79. The smallest absolute Gasteiger partial charge is 0.198 e. The minimum Gasteiger partial charge on any atom is -0.479 e. The van der Waals surface area contributed by atoms with Crippen molar-refractivity contribution >= 4 is 5.52 Å². The van der Waals surface area contributed by atoms with Crippen LogP contribution in [-0.2, 0) is 0 Å². The van der Waals surface area contributed by atoms with Crippen molar-refractivity contribution < 1.29 is 4.74 Å². The van der Waals surface area contributed by atoms with Crippen molar-refractivity contribution in [2.45, 2.75) is 6.92 Å². The largest absolute Gasteiger partial charge is 0.479 e. The third-order valence-electron chi connectivity index (χ3n) is 3.21. The molecule has 20 heavy (non-hydrogen) atoms. The second-order valence-electron chi connectivity index (χ2n) is 4.50. The third-order valence-corrected chi connectivity index (χ3v) is 3.21. The number of fused-ring (bicyclic) bond motifs is 1. The van der Waals surface area contributed by atoms with Gasteiger partial charge in [-0.2, -0.15) is 0 Å². The summed E-state index contributed by atoms with van der Waals surface area (Å²) in [5, 5.41) is 0. The Bertz CT molecular complexity index is 791. The Morgan fingerprint density at radius 1 is 1.05 bits per heavy atom. The number of benzene rings is 1. The maximum absolute atomic E-state index is 11.5. The highest BCUT2D eigenvalue weighted by molar-refractivity contribution is 5.82. The Hall–Kier alpha value is -2.55. The van der Waals surface area contributed by atoms with Crippen molar-refractivity contribution in [3.05, 3.63) is 71.0 Å². The van der Waals surface area contributed by atoms with Crippen LogP contribution < -0.4 is 10.2 Å². The molecule has 2 aromatic heterocycles. The molecule has 0 bridgehead atoms. The van der Waals surface area contributed by atoms with Gasteiger partial charge in [0.15, 0.2) is 11.3 Å². The monoisotopic (exact) mass is 265 g/mol. The molecule has 0 aliphatic carbocycles. The lowest BCUT2D eigenvalue weighted by Gasteiger charge is -2.00. The third kappa shape index (κ3) is 2.18. The molecule has 0 saturated carbocycles. The maximum Gasteiger partial charge on any atom is 0.198 e. The summed E-state index contributed by atoms with van der Waals surface area (Å²) in [5.74, 6) is 0.747. The fraction of sp³-hybridized carbons (Fsp3) is 0.118. The molecule has 0 aliphatic rings. The van der Waals surface area contributed by atoms with Gasteiger partial charge in [0.2, 0.25) is 0 Å². The van der Waals surface area contributed by atoms with Gasteiger partial charge in [-0.15, -0.1) is 0 Å². The van der Waals surface area contributed by atoms with E-state index in [0.717, 1.165) is 22.5 Å². The first-order valence-electron chi connectivity index (χ1n) is 6.63. The molecule has 3 aromatic rings. The number of aromatic nitrogens is 1. The van der Waals surface area contributed by atoms with Crippen LogP contribution in [0.4, 0.5) is 0 Å². The summed E-state index contributed by atoms with van der Waals surface area (Å²) >= 11 is 0. The normalized spacial score (nSPS) is 10.7. The lowest BCUT2D eigenvalue weighted by molar-refractivity contribution is 0.324. The van der Waals surface area contributed by atoms with E-state index in [4.69, 9.17) is 4.74 Å². The number of hydrogen-bond donors (Lipinski definition) is 0. The SMILES string of the molecule is CCOc1cc(-c2ccccc2)c2ccc(=O)ccn12. The molecule has 0 spiro atoms. The molecule has 1 aromatic carbocycles. The second kappa shape index (κ2) is 5.21. The van der Waals surface area contributed by atoms with Gasteiger partial charge in [-0.1, -0.05) is 30.3 Å². The van der Waals surface area contributed by atoms with E-state index in [2.05, 4.69) is 12.1 Å². The minimum absolute atomic E-state index is 0.0184. The maximum atomic E-state index is 11.5. The standard InChI is InChI=1S/C17H15NO2/c1-2-20-17-12-15(13-6-4-3-5-7-13)16-9-8-14(19)10-11-18(16)17/h3-12H,2H2,1H3. The molecule has 3 heteroatoms. The summed E-state index contributed by atoms with van der Waals surface area (Å²) in [6, 6.07) is 17.1. The summed E-state index contributed by atoms with van der Waals surface area (Å²) in [5.41, 5.74) is 3.11. The van der Waals surface area contributed by atoms with Gasteiger partial charge < -0.3 is 4.74 Å². The van der Waals surface area contributed by atoms with Crippen LogP contribution >= 0.6 is 0 Å². The van der Waals surface area contributed by atoms with E-state index < -0.39 is 0 Å². The van der Waals surface area contributed by atoms with Gasteiger partial charge in [0.1, 0.15) is 0 Å². The number of hydrogen-bond acceptors (Lipinski definition) is 2. The van der Waals surface area contributed by atoms with Crippen LogP contribution in [0.3, 0.4) is 0 Å². The molecule has 100 valence electrons. The van der Waals surface area contributed by atoms with Gasteiger partial charge in [-0.25, -0.2) is 0 Å². The average Bonchev–Trinajstić information content (AvgIpc) is 2.70. The van der Waals surface area contributed by atoms with E-state index in [1.165, 1.54) is 0 Å². The molecule has 3 nitrogen and oxygen atoms in total. The van der Waals surface area contributed by atoms with E-state index >= 15 is 0 Å². The average molecular weight is 265 g/mol. The highest BCUT2D eigenvalue weighted by Gasteiger charge is 2.10. The van der Waals surface area contributed by atoms with E-state index in [-0.39, 0.29) is 5.43 Å². The van der Waals surface area contributed by atoms with Crippen LogP contribution in [0.1, 0.15) is 6.92 Å². The van der Waals surface area contributed by atoms with Gasteiger partial charge in [-0.05, 0) is 24.6 Å². The summed E-state index contributed by atoms with van der Waals surface area (Å²) in [4.78, 5) is 11.5. The van der Waals surface area contributed by atoms with E-state index in [0.29, 0.717) is 6.61 Å². The Morgan fingerprint density at radius 3 is 2.60 bits per heavy atom. The second-order valence-corrected chi connectivity index (χ2v) is 4.50. The zero-order valence-electron chi connectivity index (χ0n) is 11.2. The predicted octanol–water partition coefficient (Wildman–Crippen LogP) is 3.37. The minimum atomic E-state index is -0.0184. The summed E-state index contributed by atoms with van der Waals surface area (Å²) in [6.45, 7) is 2.53. The first kappa shape index (κ1) is 12.5. The predicted molar refractivity (Wildman–Crippen MR) is 80.3 cm³/mol. The van der Waals surface area contributed by atoms with Crippen LogP contribution in [0, 0.1) is 0 Å². The van der Waals surface area contributed by atoms with Crippen LogP contribution in [0.25, 0.3) is 16.6 Å². The highest BCUT2D eigenvalue weighted by atomic mass is 16.5. The molecular formula is C17H15NO2. The Morgan fingerprint density at radius 2 is 1.85 bits per heavy atom. The van der Waals surface area contributed by atoms with Crippen molar-refractivity contribution in [1.82, 2.24) is 4.40 Å². The van der Waals surface area contributed by atoms with Gasteiger partial charge in [0.05, 0.1) is 12.1 Å². The molecule has 0 aliphatic heterocycles. The fourth-order valence-electron chi connectivity index (χ4n) is 2.31. The molecule has 0 saturated heterocycles. The van der Waals surface area contributed by atoms with E-state index in [9.17, 15) is 4.79 Å². The zero-order valence-corrected chi connectivity index (χ0v) is 11.2. The van der Waals surface area contributed by atoms with Gasteiger partial charge in [-0.3, -0.25) is 9.20 Å². The van der Waals surface area contributed by atoms with Crippen LogP contribution in [-0.4, -0.2) is 11.0 Å². The van der Waals surface area contributed by atoms with Crippen LogP contribution in [0.15, 0.2) is 65.6 Å². The van der Waals surface area contributed by atoms with Gasteiger partial charge in [0.25, 0.3) is 0 Å². The topological polar surface area (TPSA) is 30.7 Å². The lowest BCUT2D eigenvalue weighted by Crippen LogP contribution is -1.94. The van der Waals surface area contributed by atoms with Crippen molar-refractivity contribution in [3.8, 4) is 17.0 Å². The molecule has 2 heterocycles. The van der Waals surface area contributed by atoms with Crippen LogP contribution in [0.2, 0.25) is 0 Å². The van der Waals surface area contributed by atoms with Crippen LogP contribution in [0.5, 0.6) is 5.88 Å². The van der Waals surface area contributed by atoms with Crippen molar-refractivity contribution in [2.24, 2.45) is 0 Å². The number of ether oxygens (including phenoxy) is 1. The first-order valence-corrected chi connectivity index (χ1v) is 6.63. The number of nitrogens with zero attached hydrogens (tertiary/aromatic N) is 1. The van der Waals surface area contributed by atoms with Crippen molar-refractivity contribution in [2.75, 3.05) is 6.61 Å². The molecule has 0 fully saturated rings. The number of rotatable bonds is 3. The zero-order chi connectivity index (χ0) is 13.9. The van der Waals surface area contributed by atoms with E-state index in [1.54, 1.807) is 18.3 Å². The lowest BCUT2D eigenvalue weighted by atomic mass is 10.1. The Balaban J connectivity index is 2.33. The molecule has 0 N–H and O–H groups in total. The molecule has 0 atom stereocenters. The summed E-state index contributed by atoms with van der Waals surface area (Å²) in [6.07, 6.45) is 1.76. The summed E-state index contributed by atoms with van der Waals surface area (Å²) < 4.78 is 7.57. The van der Waals surface area contributed by atoms with Crippen molar-refractivity contribution in [3.63, 3.8) is 0 Å². The highest BCUT2D eigenvalue weighted by Crippen LogP contribution is 2.30. The van der Waals surface area contributed by atoms with E-state index in [1.807, 2.05) is 41.7 Å². The Labute approximate surface area is 117 Å². The Kier molecular flexibility index (Phi) is 3.25. The molecule has 0 unspecified atom stereocenters. The van der Waals surface area contributed by atoms with Crippen molar-refractivity contribution in [1.29, 1.82) is 0 Å². The molecular weight excluding hydrogens is 250 g/mol. The van der Waals surface area contributed by atoms with Gasteiger partial charge in [0, 0.05) is 23.9 Å². The molecule has 0 amide bonds.